The summed E-state index contributed by atoms with van der Waals surface area (Å²) in [6, 6.07) is 0. The maximum absolute atomic E-state index is 12.5. The summed E-state index contributed by atoms with van der Waals surface area (Å²) in [4.78, 5) is 35.6. The molecule has 0 aliphatic heterocycles. The largest absolute Gasteiger partial charge is 0.466 e. The quantitative estimate of drug-likeness (QED) is 0.426. The monoisotopic (exact) mass is 348 g/mol. The topological polar surface area (TPSA) is 60.4 Å². The summed E-state index contributed by atoms with van der Waals surface area (Å²) in [6.07, 6.45) is 7.60. The van der Waals surface area contributed by atoms with E-state index in [0.29, 0.717) is 18.1 Å². The average Bonchev–Trinajstić information content (AvgIpc) is 2.56. The molecule has 0 N–H and O–H groups in total. The van der Waals surface area contributed by atoms with Crippen LogP contribution in [0.25, 0.3) is 0 Å². The molecule has 0 aromatic carbocycles. The van der Waals surface area contributed by atoms with E-state index in [4.69, 9.17) is 4.74 Å². The summed E-state index contributed by atoms with van der Waals surface area (Å²) in [7, 11) is 1.38. The minimum Gasteiger partial charge on any atom is -0.466 e. The number of methoxy groups -OCH3 is 1. The van der Waals surface area contributed by atoms with E-state index < -0.39 is 0 Å². The molecule has 140 valence electrons. The molecule has 2 saturated carbocycles. The zero-order chi connectivity index (χ0) is 18.8. The summed E-state index contributed by atoms with van der Waals surface area (Å²) < 4.78 is 4.69. The third-order valence-electron chi connectivity index (χ3n) is 7.02. The summed E-state index contributed by atoms with van der Waals surface area (Å²) in [6.45, 7) is 8.38. The number of carbonyl (C=O) groups excluding carboxylic acids is 3. The summed E-state index contributed by atoms with van der Waals surface area (Å²) in [5, 5.41) is 0. The van der Waals surface area contributed by atoms with Crippen LogP contribution in [0.4, 0.5) is 0 Å². The van der Waals surface area contributed by atoms with Crippen molar-refractivity contribution in [3.8, 4) is 0 Å². The van der Waals surface area contributed by atoms with Crippen molar-refractivity contribution in [3.05, 3.63) is 11.6 Å². The lowest BCUT2D eigenvalue weighted by Gasteiger charge is -2.58. The zero-order valence-electron chi connectivity index (χ0n) is 16.3. The van der Waals surface area contributed by atoms with Crippen molar-refractivity contribution < 1.29 is 19.1 Å². The SMILES string of the molecule is COC(=O)C=C(C)CCC1C(C=O)CCC2C(C)(C)C(=O)CCC12C. The van der Waals surface area contributed by atoms with E-state index in [1.54, 1.807) is 0 Å². The number of allylic oxidation sites excluding steroid dienone is 1. The predicted molar refractivity (Wildman–Crippen MR) is 96.9 cm³/mol. The molecule has 2 aliphatic carbocycles. The van der Waals surface area contributed by atoms with Gasteiger partial charge in [0, 0.05) is 23.8 Å². The van der Waals surface area contributed by atoms with Gasteiger partial charge < -0.3 is 9.53 Å². The predicted octanol–water partition coefficient (Wildman–Crippen LogP) is 4.12. The maximum Gasteiger partial charge on any atom is 0.330 e. The van der Waals surface area contributed by atoms with Crippen LogP contribution >= 0.6 is 0 Å². The molecule has 2 fully saturated rings. The molecule has 2 rings (SSSR count). The first-order valence-electron chi connectivity index (χ1n) is 9.40. The molecule has 4 nitrogen and oxygen atoms in total. The Morgan fingerprint density at radius 1 is 1.28 bits per heavy atom. The Kier molecular flexibility index (Phi) is 5.90. The number of rotatable bonds is 5. The Bertz CT molecular complexity index is 574. The first-order valence-corrected chi connectivity index (χ1v) is 9.40. The fraction of sp³-hybridized carbons (Fsp3) is 0.762. The standard InChI is InChI=1S/C21H32O4/c1-14(12-19(24)25-5)6-8-16-15(13-22)7-9-17-20(2,3)18(23)10-11-21(16,17)4/h12-13,15-17H,6-11H2,1-5H3. The number of esters is 1. The normalized spacial score (nSPS) is 35.0. The van der Waals surface area contributed by atoms with Crippen LogP contribution in [0.1, 0.15) is 66.2 Å². The van der Waals surface area contributed by atoms with E-state index in [1.807, 2.05) is 6.92 Å². The van der Waals surface area contributed by atoms with Crippen LogP contribution in [0, 0.1) is 28.6 Å². The molecule has 0 bridgehead atoms. The highest BCUT2D eigenvalue weighted by molar-refractivity contribution is 5.85. The van der Waals surface area contributed by atoms with Gasteiger partial charge in [0.2, 0.25) is 0 Å². The third kappa shape index (κ3) is 3.73. The van der Waals surface area contributed by atoms with E-state index in [9.17, 15) is 14.4 Å². The summed E-state index contributed by atoms with van der Waals surface area (Å²) in [5.41, 5.74) is 0.677. The molecule has 0 heterocycles. The Morgan fingerprint density at radius 2 is 1.96 bits per heavy atom. The Morgan fingerprint density at radius 3 is 2.56 bits per heavy atom. The van der Waals surface area contributed by atoms with Gasteiger partial charge in [-0.15, -0.1) is 0 Å². The third-order valence-corrected chi connectivity index (χ3v) is 7.02. The molecule has 0 radical (unpaired) electrons. The smallest absolute Gasteiger partial charge is 0.330 e. The van der Waals surface area contributed by atoms with Gasteiger partial charge in [0.05, 0.1) is 7.11 Å². The zero-order valence-corrected chi connectivity index (χ0v) is 16.3. The minimum absolute atomic E-state index is 0.00673. The Labute approximate surface area is 151 Å². The molecule has 4 unspecified atom stereocenters. The van der Waals surface area contributed by atoms with Crippen LogP contribution in [-0.2, 0) is 19.1 Å². The van der Waals surface area contributed by atoms with Gasteiger partial charge in [-0.2, -0.15) is 0 Å². The molecular weight excluding hydrogens is 316 g/mol. The van der Waals surface area contributed by atoms with E-state index in [2.05, 4.69) is 20.8 Å². The van der Waals surface area contributed by atoms with Gasteiger partial charge in [0.1, 0.15) is 12.1 Å². The number of carbonyl (C=O) groups is 3. The number of fused-ring (bicyclic) bond motifs is 1. The average molecular weight is 348 g/mol. The van der Waals surface area contributed by atoms with Crippen LogP contribution in [0.15, 0.2) is 11.6 Å². The van der Waals surface area contributed by atoms with E-state index >= 15 is 0 Å². The first kappa shape index (κ1) is 19.9. The number of hydrogen-bond acceptors (Lipinski definition) is 4. The van der Waals surface area contributed by atoms with Crippen molar-refractivity contribution in [1.82, 2.24) is 0 Å². The van der Waals surface area contributed by atoms with Crippen LogP contribution in [0.5, 0.6) is 0 Å². The molecular formula is C21H32O4. The summed E-state index contributed by atoms with van der Waals surface area (Å²) in [5.74, 6) is 0.669. The van der Waals surface area contributed by atoms with E-state index in [0.717, 1.165) is 44.0 Å². The van der Waals surface area contributed by atoms with Crippen molar-refractivity contribution in [2.75, 3.05) is 7.11 Å². The molecule has 2 aliphatic rings. The molecule has 0 aromatic rings. The van der Waals surface area contributed by atoms with E-state index in [1.165, 1.54) is 13.2 Å². The highest BCUT2D eigenvalue weighted by atomic mass is 16.5. The molecule has 4 atom stereocenters. The molecule has 4 heteroatoms. The highest BCUT2D eigenvalue weighted by Crippen LogP contribution is 2.60. The lowest BCUT2D eigenvalue weighted by atomic mass is 9.45. The number of ether oxygens (including phenoxy) is 1. The van der Waals surface area contributed by atoms with Gasteiger partial charge in [0.25, 0.3) is 0 Å². The minimum atomic E-state index is -0.332. The maximum atomic E-state index is 12.5. The van der Waals surface area contributed by atoms with Gasteiger partial charge in [-0.25, -0.2) is 4.79 Å². The molecule has 0 spiro atoms. The Balaban J connectivity index is 2.23. The number of ketones is 1. The van der Waals surface area contributed by atoms with Gasteiger partial charge in [-0.05, 0) is 56.3 Å². The highest BCUT2D eigenvalue weighted by Gasteiger charge is 2.57. The first-order chi connectivity index (χ1) is 11.7. The van der Waals surface area contributed by atoms with Gasteiger partial charge in [-0.1, -0.05) is 26.3 Å². The van der Waals surface area contributed by atoms with Crippen LogP contribution in [0.3, 0.4) is 0 Å². The van der Waals surface area contributed by atoms with Crippen molar-refractivity contribution in [2.45, 2.75) is 66.2 Å². The Hall–Kier alpha value is -1.45. The lowest BCUT2D eigenvalue weighted by Crippen LogP contribution is -2.55. The van der Waals surface area contributed by atoms with Gasteiger partial charge >= 0.3 is 5.97 Å². The van der Waals surface area contributed by atoms with Crippen LogP contribution < -0.4 is 0 Å². The second kappa shape index (κ2) is 7.43. The van der Waals surface area contributed by atoms with Crippen molar-refractivity contribution in [3.63, 3.8) is 0 Å². The van der Waals surface area contributed by atoms with Crippen LogP contribution in [0.2, 0.25) is 0 Å². The fourth-order valence-corrected chi connectivity index (χ4v) is 5.50. The van der Waals surface area contributed by atoms with E-state index in [-0.39, 0.29) is 28.6 Å². The van der Waals surface area contributed by atoms with Crippen molar-refractivity contribution >= 4 is 18.0 Å². The fourth-order valence-electron chi connectivity index (χ4n) is 5.50. The van der Waals surface area contributed by atoms with Crippen LogP contribution in [-0.4, -0.2) is 25.1 Å². The van der Waals surface area contributed by atoms with Crippen molar-refractivity contribution in [2.24, 2.45) is 28.6 Å². The number of aldehydes is 1. The molecule has 0 amide bonds. The summed E-state index contributed by atoms with van der Waals surface area (Å²) >= 11 is 0. The number of Topliss-reactive ketones (excluding diaryl/α,β-unsaturated/α-hetero) is 1. The molecule has 0 saturated heterocycles. The molecule has 25 heavy (non-hydrogen) atoms. The second-order valence-corrected chi connectivity index (χ2v) is 8.74. The number of hydrogen-bond donors (Lipinski definition) is 0. The second-order valence-electron chi connectivity index (χ2n) is 8.74. The molecule has 0 aromatic heterocycles. The lowest BCUT2D eigenvalue weighted by molar-refractivity contribution is -0.153. The van der Waals surface area contributed by atoms with Gasteiger partial charge in [-0.3, -0.25) is 4.79 Å². The van der Waals surface area contributed by atoms with Gasteiger partial charge in [0.15, 0.2) is 0 Å². The van der Waals surface area contributed by atoms with Crippen molar-refractivity contribution in [1.29, 1.82) is 0 Å².